The summed E-state index contributed by atoms with van der Waals surface area (Å²) >= 11 is 0. The van der Waals surface area contributed by atoms with Crippen LogP contribution in [0.5, 0.6) is 0 Å². The van der Waals surface area contributed by atoms with Crippen LogP contribution in [0.15, 0.2) is 18.2 Å². The summed E-state index contributed by atoms with van der Waals surface area (Å²) in [6.45, 7) is 11.1. The molecule has 0 aliphatic carbocycles. The van der Waals surface area contributed by atoms with E-state index in [2.05, 4.69) is 42.3 Å². The quantitative estimate of drug-likeness (QED) is 0.730. The molecule has 1 atom stereocenters. The Morgan fingerprint density at radius 3 is 2.48 bits per heavy atom. The summed E-state index contributed by atoms with van der Waals surface area (Å²) in [7, 11) is 0. The lowest BCUT2D eigenvalue weighted by atomic mass is 10.0. The molecule has 1 aliphatic heterocycles. The first-order valence-corrected chi connectivity index (χ1v) is 9.84. The number of carboxylic acids is 1. The predicted molar refractivity (Wildman–Crippen MR) is 107 cm³/mol. The van der Waals surface area contributed by atoms with E-state index < -0.39 is 5.97 Å². The summed E-state index contributed by atoms with van der Waals surface area (Å²) in [5, 5.41) is 12.1. The fourth-order valence-electron chi connectivity index (χ4n) is 3.72. The minimum absolute atomic E-state index is 0.0134. The van der Waals surface area contributed by atoms with Gasteiger partial charge >= 0.3 is 5.97 Å². The number of carboxylic acid groups (broad SMARTS) is 1. The molecule has 1 aromatic rings. The van der Waals surface area contributed by atoms with Crippen LogP contribution in [-0.4, -0.2) is 65.5 Å². The van der Waals surface area contributed by atoms with Gasteiger partial charge < -0.3 is 10.4 Å². The standard InChI is InChI=1S/C21H33N3O3/c1-5-24(14-21(26)27)19-8-10-23(11-9-19)13-20(25)22-17(4)18-7-6-15(2)16(3)12-18/h6-7,12,17,19H,5,8-11,13-14H2,1-4H3,(H,22,25)(H,26,27). The number of amides is 1. The number of hydrogen-bond donors (Lipinski definition) is 2. The number of carbonyl (C=O) groups is 2. The molecule has 1 fully saturated rings. The van der Waals surface area contributed by atoms with Crippen molar-refractivity contribution in [1.29, 1.82) is 0 Å². The molecule has 6 nitrogen and oxygen atoms in total. The largest absolute Gasteiger partial charge is 0.480 e. The van der Waals surface area contributed by atoms with Gasteiger partial charge in [-0.3, -0.25) is 19.4 Å². The van der Waals surface area contributed by atoms with Gasteiger partial charge in [-0.1, -0.05) is 25.1 Å². The van der Waals surface area contributed by atoms with Crippen LogP contribution in [0.4, 0.5) is 0 Å². The third-order valence-corrected chi connectivity index (χ3v) is 5.59. The minimum Gasteiger partial charge on any atom is -0.480 e. The second-order valence-corrected chi connectivity index (χ2v) is 7.60. The molecule has 1 aliphatic rings. The Labute approximate surface area is 162 Å². The Morgan fingerprint density at radius 1 is 1.26 bits per heavy atom. The maximum absolute atomic E-state index is 12.4. The zero-order chi connectivity index (χ0) is 20.0. The Morgan fingerprint density at radius 2 is 1.93 bits per heavy atom. The Bertz CT molecular complexity index is 654. The lowest BCUT2D eigenvalue weighted by Gasteiger charge is -2.37. The number of aliphatic carboxylic acids is 1. The van der Waals surface area contributed by atoms with Gasteiger partial charge in [0.05, 0.1) is 19.1 Å². The average Bonchev–Trinajstić information content (AvgIpc) is 2.62. The number of benzene rings is 1. The zero-order valence-electron chi connectivity index (χ0n) is 17.0. The fourth-order valence-corrected chi connectivity index (χ4v) is 3.72. The van der Waals surface area contributed by atoms with Crippen molar-refractivity contribution in [1.82, 2.24) is 15.1 Å². The molecule has 27 heavy (non-hydrogen) atoms. The van der Waals surface area contributed by atoms with E-state index in [0.29, 0.717) is 12.6 Å². The smallest absolute Gasteiger partial charge is 0.317 e. The third-order valence-electron chi connectivity index (χ3n) is 5.59. The van der Waals surface area contributed by atoms with E-state index in [1.165, 1.54) is 11.1 Å². The number of hydrogen-bond acceptors (Lipinski definition) is 4. The number of aryl methyl sites for hydroxylation is 2. The lowest BCUT2D eigenvalue weighted by molar-refractivity contribution is -0.139. The molecule has 2 N–H and O–H groups in total. The van der Waals surface area contributed by atoms with Crippen LogP contribution >= 0.6 is 0 Å². The first-order valence-electron chi connectivity index (χ1n) is 9.84. The Kier molecular flexibility index (Phi) is 7.80. The van der Waals surface area contributed by atoms with Crippen LogP contribution in [0.3, 0.4) is 0 Å². The van der Waals surface area contributed by atoms with Crippen molar-refractivity contribution in [2.24, 2.45) is 0 Å². The Hall–Kier alpha value is -1.92. The molecular weight excluding hydrogens is 342 g/mol. The molecule has 6 heteroatoms. The van der Waals surface area contributed by atoms with E-state index in [-0.39, 0.29) is 18.5 Å². The number of piperidine rings is 1. The average molecular weight is 376 g/mol. The van der Waals surface area contributed by atoms with Crippen molar-refractivity contribution in [3.05, 3.63) is 34.9 Å². The van der Waals surface area contributed by atoms with Crippen LogP contribution in [0.1, 0.15) is 49.4 Å². The van der Waals surface area contributed by atoms with Gasteiger partial charge in [-0.2, -0.15) is 0 Å². The molecule has 0 spiro atoms. The highest BCUT2D eigenvalue weighted by atomic mass is 16.4. The third kappa shape index (κ3) is 6.33. The van der Waals surface area contributed by atoms with Gasteiger partial charge in [0.2, 0.25) is 5.91 Å². The number of nitrogens with one attached hydrogen (secondary N) is 1. The molecule has 0 saturated carbocycles. The van der Waals surface area contributed by atoms with Crippen LogP contribution in [-0.2, 0) is 9.59 Å². The molecular formula is C21H33N3O3. The zero-order valence-corrected chi connectivity index (χ0v) is 17.0. The number of likely N-dealkylation sites (tertiary alicyclic amines) is 1. The van der Waals surface area contributed by atoms with E-state index >= 15 is 0 Å². The summed E-state index contributed by atoms with van der Waals surface area (Å²) in [4.78, 5) is 27.6. The maximum Gasteiger partial charge on any atom is 0.317 e. The van der Waals surface area contributed by atoms with E-state index in [4.69, 9.17) is 5.11 Å². The summed E-state index contributed by atoms with van der Waals surface area (Å²) in [5.74, 6) is -0.740. The summed E-state index contributed by atoms with van der Waals surface area (Å²) < 4.78 is 0. The molecule has 1 saturated heterocycles. The van der Waals surface area contributed by atoms with Gasteiger partial charge in [0, 0.05) is 19.1 Å². The molecule has 2 rings (SSSR count). The first-order chi connectivity index (χ1) is 12.8. The first kappa shape index (κ1) is 21.4. The summed E-state index contributed by atoms with van der Waals surface area (Å²) in [6.07, 6.45) is 1.81. The van der Waals surface area contributed by atoms with Crippen LogP contribution in [0.25, 0.3) is 0 Å². The number of rotatable bonds is 8. The van der Waals surface area contributed by atoms with Gasteiger partial charge in [-0.05, 0) is 56.8 Å². The van der Waals surface area contributed by atoms with Crippen LogP contribution < -0.4 is 5.32 Å². The highest BCUT2D eigenvalue weighted by molar-refractivity contribution is 5.78. The van der Waals surface area contributed by atoms with Gasteiger partial charge in [0.1, 0.15) is 0 Å². The Balaban J connectivity index is 1.80. The molecule has 1 amide bonds. The SMILES string of the molecule is CCN(CC(=O)O)C1CCN(CC(=O)NC(C)c2ccc(C)c(C)c2)CC1. The van der Waals surface area contributed by atoms with E-state index in [1.54, 1.807) is 0 Å². The number of likely N-dealkylation sites (N-methyl/N-ethyl adjacent to an activating group) is 1. The molecule has 1 aromatic carbocycles. The van der Waals surface area contributed by atoms with Crippen molar-refractivity contribution in [2.45, 2.75) is 52.6 Å². The highest BCUT2D eigenvalue weighted by Gasteiger charge is 2.26. The molecule has 0 bridgehead atoms. The van der Waals surface area contributed by atoms with Crippen LogP contribution in [0.2, 0.25) is 0 Å². The molecule has 1 heterocycles. The van der Waals surface area contributed by atoms with Crippen molar-refractivity contribution in [3.63, 3.8) is 0 Å². The fraction of sp³-hybridized carbons (Fsp3) is 0.619. The predicted octanol–water partition coefficient (Wildman–Crippen LogP) is 2.35. The van der Waals surface area contributed by atoms with E-state index in [0.717, 1.165) is 38.0 Å². The molecule has 0 radical (unpaired) electrons. The van der Waals surface area contributed by atoms with Crippen molar-refractivity contribution >= 4 is 11.9 Å². The highest BCUT2D eigenvalue weighted by Crippen LogP contribution is 2.18. The second kappa shape index (κ2) is 9.85. The van der Waals surface area contributed by atoms with Crippen molar-refractivity contribution in [2.75, 3.05) is 32.7 Å². The lowest BCUT2D eigenvalue weighted by Crippen LogP contribution is -2.48. The summed E-state index contributed by atoms with van der Waals surface area (Å²) in [6, 6.07) is 6.57. The topological polar surface area (TPSA) is 72.9 Å². The molecule has 150 valence electrons. The van der Waals surface area contributed by atoms with Gasteiger partial charge in [0.25, 0.3) is 0 Å². The second-order valence-electron chi connectivity index (χ2n) is 7.60. The van der Waals surface area contributed by atoms with Crippen molar-refractivity contribution in [3.8, 4) is 0 Å². The van der Waals surface area contributed by atoms with E-state index in [1.807, 2.05) is 18.7 Å². The summed E-state index contributed by atoms with van der Waals surface area (Å²) in [5.41, 5.74) is 3.61. The molecule has 0 aromatic heterocycles. The maximum atomic E-state index is 12.4. The van der Waals surface area contributed by atoms with E-state index in [9.17, 15) is 9.59 Å². The normalized spacial score (nSPS) is 17.1. The van der Waals surface area contributed by atoms with Gasteiger partial charge in [0.15, 0.2) is 0 Å². The molecule has 1 unspecified atom stereocenters. The number of carbonyl (C=O) groups excluding carboxylic acids is 1. The van der Waals surface area contributed by atoms with Gasteiger partial charge in [-0.25, -0.2) is 0 Å². The van der Waals surface area contributed by atoms with Crippen molar-refractivity contribution < 1.29 is 14.7 Å². The monoisotopic (exact) mass is 375 g/mol. The van der Waals surface area contributed by atoms with Gasteiger partial charge in [-0.15, -0.1) is 0 Å². The number of nitrogens with zero attached hydrogens (tertiary/aromatic N) is 2. The minimum atomic E-state index is -0.779. The van der Waals surface area contributed by atoms with Crippen LogP contribution in [0, 0.1) is 13.8 Å².